The second-order valence-electron chi connectivity index (χ2n) is 4.83. The van der Waals surface area contributed by atoms with Crippen LogP contribution in [-0.2, 0) is 9.47 Å². The number of carbonyl (C=O) groups is 1. The van der Waals surface area contributed by atoms with E-state index in [0.29, 0.717) is 30.8 Å². The van der Waals surface area contributed by atoms with Crippen molar-refractivity contribution in [1.29, 1.82) is 0 Å². The summed E-state index contributed by atoms with van der Waals surface area (Å²) in [5, 5.41) is 0. The van der Waals surface area contributed by atoms with Crippen molar-refractivity contribution in [3.05, 3.63) is 29.6 Å². The van der Waals surface area contributed by atoms with E-state index in [-0.39, 0.29) is 18.0 Å². The summed E-state index contributed by atoms with van der Waals surface area (Å²) in [5.74, 6) is -0.855. The molecule has 0 amide bonds. The zero-order valence-corrected chi connectivity index (χ0v) is 11.6. The van der Waals surface area contributed by atoms with E-state index < -0.39 is 5.97 Å². The summed E-state index contributed by atoms with van der Waals surface area (Å²) in [7, 11) is 2.89. The van der Waals surface area contributed by atoms with E-state index >= 15 is 0 Å². The Balaban J connectivity index is 2.25. The molecule has 2 atom stereocenters. The number of ether oxygens (including phenoxy) is 2. The van der Waals surface area contributed by atoms with Crippen LogP contribution in [0.25, 0.3) is 0 Å². The van der Waals surface area contributed by atoms with Crippen LogP contribution in [0.4, 0.5) is 10.1 Å². The highest BCUT2D eigenvalue weighted by atomic mass is 19.1. The van der Waals surface area contributed by atoms with Gasteiger partial charge in [-0.1, -0.05) is 0 Å². The molecular formula is C14H19FN2O3. The summed E-state index contributed by atoms with van der Waals surface area (Å²) in [6.45, 7) is 1.13. The number of esters is 1. The molecule has 6 heteroatoms. The van der Waals surface area contributed by atoms with Crippen molar-refractivity contribution in [2.45, 2.75) is 18.6 Å². The van der Waals surface area contributed by atoms with Gasteiger partial charge in [-0.05, 0) is 24.6 Å². The van der Waals surface area contributed by atoms with Gasteiger partial charge >= 0.3 is 5.97 Å². The molecule has 2 N–H and O–H groups in total. The van der Waals surface area contributed by atoms with Gasteiger partial charge < -0.3 is 20.1 Å². The van der Waals surface area contributed by atoms with Gasteiger partial charge in [0, 0.05) is 26.2 Å². The smallest absolute Gasteiger partial charge is 0.337 e. The molecule has 1 aromatic carbocycles. The summed E-state index contributed by atoms with van der Waals surface area (Å²) in [6.07, 6.45) is 0.561. The van der Waals surface area contributed by atoms with E-state index in [9.17, 15) is 9.18 Å². The van der Waals surface area contributed by atoms with Gasteiger partial charge in [-0.15, -0.1) is 0 Å². The number of nitrogens with zero attached hydrogens (tertiary/aromatic N) is 1. The highest BCUT2D eigenvalue weighted by Gasteiger charge is 2.28. The van der Waals surface area contributed by atoms with E-state index in [4.69, 9.17) is 10.5 Å². The molecule has 1 aliphatic rings. The minimum Gasteiger partial charge on any atom is -0.465 e. The Kier molecular flexibility index (Phi) is 4.57. The van der Waals surface area contributed by atoms with Crippen LogP contribution < -0.4 is 10.6 Å². The average molecular weight is 282 g/mol. The third-order valence-corrected chi connectivity index (χ3v) is 3.62. The first-order valence-electron chi connectivity index (χ1n) is 6.48. The molecule has 0 aliphatic carbocycles. The minimum absolute atomic E-state index is 0.0527. The molecule has 2 rings (SSSR count). The molecule has 1 fully saturated rings. The first-order chi connectivity index (χ1) is 9.56. The SMILES string of the molecule is COC(=O)c1ccc(F)c(N2CCC(N)C(OC)C2)c1. The number of hydrogen-bond acceptors (Lipinski definition) is 5. The van der Waals surface area contributed by atoms with Crippen molar-refractivity contribution in [3.63, 3.8) is 0 Å². The highest BCUT2D eigenvalue weighted by Crippen LogP contribution is 2.25. The Morgan fingerprint density at radius 2 is 2.20 bits per heavy atom. The van der Waals surface area contributed by atoms with Crippen molar-refractivity contribution in [1.82, 2.24) is 0 Å². The normalized spacial score (nSPS) is 22.7. The lowest BCUT2D eigenvalue weighted by Crippen LogP contribution is -2.51. The van der Waals surface area contributed by atoms with Crippen molar-refractivity contribution >= 4 is 11.7 Å². The molecule has 0 saturated carbocycles. The van der Waals surface area contributed by atoms with Gasteiger partial charge in [0.1, 0.15) is 5.82 Å². The fourth-order valence-electron chi connectivity index (χ4n) is 2.40. The molecule has 1 saturated heterocycles. The molecular weight excluding hydrogens is 263 g/mol. The van der Waals surface area contributed by atoms with Gasteiger partial charge in [0.15, 0.2) is 0 Å². The number of nitrogens with two attached hydrogens (primary N) is 1. The van der Waals surface area contributed by atoms with E-state index in [1.807, 2.05) is 4.90 Å². The lowest BCUT2D eigenvalue weighted by atomic mass is 10.0. The molecule has 110 valence electrons. The van der Waals surface area contributed by atoms with Gasteiger partial charge in [0.25, 0.3) is 0 Å². The largest absolute Gasteiger partial charge is 0.465 e. The lowest BCUT2D eigenvalue weighted by molar-refractivity contribution is 0.0600. The second kappa shape index (κ2) is 6.19. The van der Waals surface area contributed by atoms with Crippen LogP contribution in [-0.4, -0.2) is 45.4 Å². The molecule has 0 radical (unpaired) electrons. The van der Waals surface area contributed by atoms with E-state index in [2.05, 4.69) is 4.74 Å². The van der Waals surface area contributed by atoms with Gasteiger partial charge in [-0.3, -0.25) is 0 Å². The monoisotopic (exact) mass is 282 g/mol. The summed E-state index contributed by atoms with van der Waals surface area (Å²) in [4.78, 5) is 13.4. The average Bonchev–Trinajstić information content (AvgIpc) is 2.47. The van der Waals surface area contributed by atoms with Crippen LogP contribution in [0.2, 0.25) is 0 Å². The van der Waals surface area contributed by atoms with Crippen LogP contribution in [0.3, 0.4) is 0 Å². The predicted octanol–water partition coefficient (Wildman–Crippen LogP) is 1.16. The number of hydrogen-bond donors (Lipinski definition) is 1. The number of halogens is 1. The molecule has 1 heterocycles. The molecule has 2 unspecified atom stereocenters. The maximum absolute atomic E-state index is 14.0. The van der Waals surface area contributed by atoms with Crippen LogP contribution >= 0.6 is 0 Å². The van der Waals surface area contributed by atoms with Crippen LogP contribution in [0.5, 0.6) is 0 Å². The molecule has 0 aromatic heterocycles. The third-order valence-electron chi connectivity index (χ3n) is 3.62. The molecule has 0 spiro atoms. The Morgan fingerprint density at radius 3 is 2.85 bits per heavy atom. The zero-order chi connectivity index (χ0) is 14.7. The first kappa shape index (κ1) is 14.7. The van der Waals surface area contributed by atoms with Crippen LogP contribution in [0.15, 0.2) is 18.2 Å². The van der Waals surface area contributed by atoms with Gasteiger partial charge in [-0.2, -0.15) is 0 Å². The van der Waals surface area contributed by atoms with E-state index in [0.717, 1.165) is 0 Å². The molecule has 0 bridgehead atoms. The van der Waals surface area contributed by atoms with Crippen LogP contribution in [0.1, 0.15) is 16.8 Å². The van der Waals surface area contributed by atoms with Crippen molar-refractivity contribution in [2.24, 2.45) is 5.73 Å². The predicted molar refractivity (Wildman–Crippen MR) is 73.3 cm³/mol. The standard InChI is InChI=1S/C14H19FN2O3/c1-19-13-8-17(6-5-11(13)16)12-7-9(14(18)20-2)3-4-10(12)15/h3-4,7,11,13H,5-6,8,16H2,1-2H3. The second-order valence-corrected chi connectivity index (χ2v) is 4.83. The fraction of sp³-hybridized carbons (Fsp3) is 0.500. The van der Waals surface area contributed by atoms with Crippen molar-refractivity contribution in [3.8, 4) is 0 Å². The third kappa shape index (κ3) is 2.91. The summed E-state index contributed by atoms with van der Waals surface area (Å²) in [5.41, 5.74) is 6.65. The Hall–Kier alpha value is -1.66. The topological polar surface area (TPSA) is 64.8 Å². The number of benzene rings is 1. The zero-order valence-electron chi connectivity index (χ0n) is 11.6. The minimum atomic E-state index is -0.483. The maximum Gasteiger partial charge on any atom is 0.337 e. The molecule has 20 heavy (non-hydrogen) atoms. The number of rotatable bonds is 3. The van der Waals surface area contributed by atoms with Gasteiger partial charge in [0.05, 0.1) is 24.5 Å². The quantitative estimate of drug-likeness (QED) is 0.843. The Labute approximate surface area is 117 Å². The maximum atomic E-state index is 14.0. The fourth-order valence-corrected chi connectivity index (χ4v) is 2.40. The van der Waals surface area contributed by atoms with E-state index in [1.165, 1.54) is 25.3 Å². The number of carbonyl (C=O) groups excluding carboxylic acids is 1. The molecule has 1 aromatic rings. The summed E-state index contributed by atoms with van der Waals surface area (Å²) < 4.78 is 24.0. The van der Waals surface area contributed by atoms with Gasteiger partial charge in [0.2, 0.25) is 0 Å². The Bertz CT molecular complexity index is 495. The number of methoxy groups -OCH3 is 2. The lowest BCUT2D eigenvalue weighted by Gasteiger charge is -2.37. The van der Waals surface area contributed by atoms with Crippen molar-refractivity contribution < 1.29 is 18.7 Å². The Morgan fingerprint density at radius 1 is 1.45 bits per heavy atom. The van der Waals surface area contributed by atoms with Crippen LogP contribution in [0, 0.1) is 5.82 Å². The molecule has 5 nitrogen and oxygen atoms in total. The first-order valence-corrected chi connectivity index (χ1v) is 6.48. The number of anilines is 1. The molecule has 1 aliphatic heterocycles. The van der Waals surface area contributed by atoms with Gasteiger partial charge in [-0.25, -0.2) is 9.18 Å². The summed E-state index contributed by atoms with van der Waals surface area (Å²) >= 11 is 0. The highest BCUT2D eigenvalue weighted by molar-refractivity contribution is 5.90. The van der Waals surface area contributed by atoms with Crippen molar-refractivity contribution in [2.75, 3.05) is 32.2 Å². The summed E-state index contributed by atoms with van der Waals surface area (Å²) in [6, 6.07) is 4.14. The number of piperidine rings is 1. The van der Waals surface area contributed by atoms with E-state index in [1.54, 1.807) is 7.11 Å².